The zero-order valence-electron chi connectivity index (χ0n) is 11.7. The molecule has 0 aliphatic carbocycles. The Hall–Kier alpha value is -1.42. The van der Waals surface area contributed by atoms with Gasteiger partial charge < -0.3 is 24.3 Å². The van der Waals surface area contributed by atoms with E-state index >= 15 is 0 Å². The summed E-state index contributed by atoms with van der Waals surface area (Å²) in [6.45, 7) is 2.53. The van der Waals surface area contributed by atoms with Gasteiger partial charge in [-0.2, -0.15) is 0 Å². The third-order valence-corrected chi connectivity index (χ3v) is 2.05. The average molecular weight is 293 g/mol. The van der Waals surface area contributed by atoms with Crippen molar-refractivity contribution in [3.05, 3.63) is 0 Å². The van der Waals surface area contributed by atoms with Crippen molar-refractivity contribution in [3.63, 3.8) is 0 Å². The van der Waals surface area contributed by atoms with Gasteiger partial charge in [0.2, 0.25) is 5.91 Å². The Balaban J connectivity index is 3.21. The molecule has 0 spiro atoms. The van der Waals surface area contributed by atoms with E-state index in [1.165, 1.54) is 0 Å². The Labute approximate surface area is 118 Å². The summed E-state index contributed by atoms with van der Waals surface area (Å²) >= 11 is 0. The zero-order valence-corrected chi connectivity index (χ0v) is 11.7. The largest absolute Gasteiger partial charge is 0.447 e. The van der Waals surface area contributed by atoms with Gasteiger partial charge in [-0.25, -0.2) is 10.6 Å². The van der Waals surface area contributed by atoms with E-state index in [2.05, 4.69) is 5.32 Å². The molecule has 0 atom stereocenters. The zero-order chi connectivity index (χ0) is 15.1. The number of nitrogens with one attached hydrogen (secondary N) is 2. The lowest BCUT2D eigenvalue weighted by Crippen LogP contribution is -2.34. The molecule has 0 unspecified atom stereocenters. The number of alkyl carbamates (subject to hydrolysis) is 1. The second kappa shape index (κ2) is 14.0. The predicted octanol–water partition coefficient (Wildman–Crippen LogP) is -1.23. The van der Waals surface area contributed by atoms with Crippen molar-refractivity contribution in [3.8, 4) is 0 Å². The van der Waals surface area contributed by atoms with Crippen LogP contribution in [0, 0.1) is 0 Å². The second-order valence-electron chi connectivity index (χ2n) is 3.60. The van der Waals surface area contributed by atoms with Gasteiger partial charge in [0, 0.05) is 20.1 Å². The molecule has 2 amide bonds. The Bertz CT molecular complexity index is 265. The maximum Gasteiger partial charge on any atom is 0.407 e. The molecule has 0 aliphatic rings. The van der Waals surface area contributed by atoms with E-state index < -0.39 is 6.09 Å². The average Bonchev–Trinajstić information content (AvgIpc) is 2.45. The first-order chi connectivity index (χ1) is 9.70. The molecule has 0 rings (SSSR count). The first-order valence-electron chi connectivity index (χ1n) is 6.25. The van der Waals surface area contributed by atoms with Crippen molar-refractivity contribution >= 4 is 12.0 Å². The fourth-order valence-electron chi connectivity index (χ4n) is 1.06. The number of carbonyl (C=O) groups excluding carboxylic acids is 2. The van der Waals surface area contributed by atoms with Gasteiger partial charge in [-0.3, -0.25) is 10.2 Å². The Kier molecular flexibility index (Phi) is 13.0. The van der Waals surface area contributed by atoms with Crippen molar-refractivity contribution in [1.82, 2.24) is 10.7 Å². The fraction of sp³-hybridized carbons (Fsp3) is 0.818. The summed E-state index contributed by atoms with van der Waals surface area (Å²) in [5, 5.41) is 2.40. The number of rotatable bonds is 12. The molecule has 0 aromatic heterocycles. The number of nitrogens with two attached hydrogens (primary N) is 1. The normalized spacial score (nSPS) is 10.1. The lowest BCUT2D eigenvalue weighted by Gasteiger charge is -2.07. The SMILES string of the molecule is COCCOCCOCCOC(=O)NCCC(=O)NN. The van der Waals surface area contributed by atoms with Crippen molar-refractivity contribution in [2.75, 3.05) is 53.3 Å². The summed E-state index contributed by atoms with van der Waals surface area (Å²) in [5.41, 5.74) is 1.95. The molecule has 0 aromatic carbocycles. The number of hydrogen-bond acceptors (Lipinski definition) is 7. The maximum atomic E-state index is 11.1. The van der Waals surface area contributed by atoms with Crippen molar-refractivity contribution < 1.29 is 28.5 Å². The third-order valence-electron chi connectivity index (χ3n) is 2.05. The highest BCUT2D eigenvalue weighted by atomic mass is 16.6. The standard InChI is InChI=1S/C11H23N3O6/c1-17-4-5-18-6-7-19-8-9-20-11(16)13-3-2-10(15)14-12/h2-9,12H2,1H3,(H,13,16)(H,14,15). The molecule has 0 bridgehead atoms. The molecule has 118 valence electrons. The molecule has 0 heterocycles. The molecule has 0 fully saturated rings. The Morgan fingerprint density at radius 2 is 1.60 bits per heavy atom. The molecule has 9 nitrogen and oxygen atoms in total. The van der Waals surface area contributed by atoms with Gasteiger partial charge in [-0.1, -0.05) is 0 Å². The van der Waals surface area contributed by atoms with E-state index in [0.29, 0.717) is 26.4 Å². The molecule has 20 heavy (non-hydrogen) atoms. The van der Waals surface area contributed by atoms with E-state index in [-0.39, 0.29) is 32.1 Å². The smallest absolute Gasteiger partial charge is 0.407 e. The van der Waals surface area contributed by atoms with Gasteiger partial charge >= 0.3 is 6.09 Å². The van der Waals surface area contributed by atoms with Gasteiger partial charge in [-0.15, -0.1) is 0 Å². The Morgan fingerprint density at radius 3 is 2.20 bits per heavy atom. The van der Waals surface area contributed by atoms with Gasteiger partial charge in [0.25, 0.3) is 0 Å². The van der Waals surface area contributed by atoms with E-state index in [4.69, 9.17) is 24.8 Å². The molecule has 4 N–H and O–H groups in total. The molecule has 9 heteroatoms. The number of hydrazine groups is 1. The minimum atomic E-state index is -0.602. The van der Waals surface area contributed by atoms with Gasteiger partial charge in [0.1, 0.15) is 6.61 Å². The lowest BCUT2D eigenvalue weighted by atomic mass is 10.4. The van der Waals surface area contributed by atoms with Crippen molar-refractivity contribution in [2.45, 2.75) is 6.42 Å². The molecule has 0 radical (unpaired) electrons. The molecule has 0 saturated carbocycles. The van der Waals surface area contributed by atoms with Gasteiger partial charge in [0.05, 0.1) is 33.0 Å². The van der Waals surface area contributed by atoms with Crippen LogP contribution in [0.15, 0.2) is 0 Å². The van der Waals surface area contributed by atoms with E-state index in [1.54, 1.807) is 7.11 Å². The van der Waals surface area contributed by atoms with Crippen LogP contribution in [-0.2, 0) is 23.7 Å². The van der Waals surface area contributed by atoms with E-state index in [1.807, 2.05) is 5.43 Å². The highest BCUT2D eigenvalue weighted by Gasteiger charge is 2.03. The van der Waals surface area contributed by atoms with Gasteiger partial charge in [-0.05, 0) is 0 Å². The number of methoxy groups -OCH3 is 1. The summed E-state index contributed by atoms with van der Waals surface area (Å²) in [4.78, 5) is 21.9. The molecule has 0 saturated heterocycles. The van der Waals surface area contributed by atoms with Crippen LogP contribution in [0.3, 0.4) is 0 Å². The topological polar surface area (TPSA) is 121 Å². The van der Waals surface area contributed by atoms with Crippen LogP contribution in [-0.4, -0.2) is 65.3 Å². The third kappa shape index (κ3) is 13.0. The van der Waals surface area contributed by atoms with E-state index in [0.717, 1.165) is 0 Å². The monoisotopic (exact) mass is 293 g/mol. The maximum absolute atomic E-state index is 11.1. The number of hydrogen-bond donors (Lipinski definition) is 3. The highest BCUT2D eigenvalue weighted by Crippen LogP contribution is 1.83. The van der Waals surface area contributed by atoms with Crippen LogP contribution in [0.2, 0.25) is 0 Å². The van der Waals surface area contributed by atoms with Crippen LogP contribution in [0.25, 0.3) is 0 Å². The van der Waals surface area contributed by atoms with Crippen LogP contribution in [0.4, 0.5) is 4.79 Å². The number of amides is 2. The number of carbonyl (C=O) groups is 2. The van der Waals surface area contributed by atoms with Crippen LogP contribution < -0.4 is 16.6 Å². The predicted molar refractivity (Wildman–Crippen MR) is 69.8 cm³/mol. The molecule has 0 aromatic rings. The summed E-state index contributed by atoms with van der Waals surface area (Å²) < 4.78 is 20.0. The summed E-state index contributed by atoms with van der Waals surface area (Å²) in [7, 11) is 1.60. The van der Waals surface area contributed by atoms with Crippen molar-refractivity contribution in [1.29, 1.82) is 0 Å². The molecular weight excluding hydrogens is 270 g/mol. The van der Waals surface area contributed by atoms with Crippen LogP contribution >= 0.6 is 0 Å². The van der Waals surface area contributed by atoms with E-state index in [9.17, 15) is 9.59 Å². The van der Waals surface area contributed by atoms with Crippen molar-refractivity contribution in [2.24, 2.45) is 5.84 Å². The molecule has 0 aliphatic heterocycles. The van der Waals surface area contributed by atoms with Gasteiger partial charge in [0.15, 0.2) is 0 Å². The Morgan fingerprint density at radius 1 is 1.00 bits per heavy atom. The lowest BCUT2D eigenvalue weighted by molar-refractivity contribution is -0.121. The fourth-order valence-corrected chi connectivity index (χ4v) is 1.06. The molecular formula is C11H23N3O6. The highest BCUT2D eigenvalue weighted by molar-refractivity contribution is 5.76. The second-order valence-corrected chi connectivity index (χ2v) is 3.60. The minimum absolute atomic E-state index is 0.0981. The minimum Gasteiger partial charge on any atom is -0.447 e. The first-order valence-corrected chi connectivity index (χ1v) is 6.25. The summed E-state index contributed by atoms with van der Waals surface area (Å²) in [6, 6.07) is 0. The van der Waals surface area contributed by atoms with Crippen LogP contribution in [0.1, 0.15) is 6.42 Å². The van der Waals surface area contributed by atoms with Crippen LogP contribution in [0.5, 0.6) is 0 Å². The summed E-state index contributed by atoms with van der Waals surface area (Å²) in [6.07, 6.45) is -0.504. The summed E-state index contributed by atoms with van der Waals surface area (Å²) in [5.74, 6) is 4.52. The first kappa shape index (κ1) is 18.6. The number of ether oxygens (including phenoxy) is 4. The quantitative estimate of drug-likeness (QED) is 0.178.